The smallest absolute Gasteiger partial charge is 0.347 e. The van der Waals surface area contributed by atoms with Gasteiger partial charge >= 0.3 is 5.97 Å². The molecule has 2 aromatic carbocycles. The lowest BCUT2D eigenvalue weighted by Crippen LogP contribution is -2.29. The van der Waals surface area contributed by atoms with Gasteiger partial charge in [0.05, 0.1) is 5.69 Å². The second-order valence-electron chi connectivity index (χ2n) is 10.3. The molecule has 2 heterocycles. The molecule has 0 saturated heterocycles. The van der Waals surface area contributed by atoms with Gasteiger partial charge in [0, 0.05) is 16.5 Å². The number of aromatic nitrogens is 4. The van der Waals surface area contributed by atoms with E-state index in [2.05, 4.69) is 36.0 Å². The fourth-order valence-corrected chi connectivity index (χ4v) is 4.54. The lowest BCUT2D eigenvalue weighted by atomic mass is 9.92. The molecule has 8 heteroatoms. The molecular weight excluding hydrogens is 476 g/mol. The highest BCUT2D eigenvalue weighted by Crippen LogP contribution is 2.32. The number of fused-ring (bicyclic) bond motifs is 1. The molecule has 1 unspecified atom stereocenters. The Kier molecular flexibility index (Phi) is 7.14. The fraction of sp³-hybridized carbons (Fsp3) is 0.393. The van der Waals surface area contributed by atoms with Gasteiger partial charge in [-0.3, -0.25) is 0 Å². The van der Waals surface area contributed by atoms with E-state index in [1.807, 2.05) is 64.1 Å². The minimum atomic E-state index is -0.693. The number of benzene rings is 2. The first-order valence-corrected chi connectivity index (χ1v) is 12.5. The van der Waals surface area contributed by atoms with Crippen molar-refractivity contribution < 1.29 is 14.3 Å². The molecule has 4 rings (SSSR count). The highest BCUT2D eigenvalue weighted by molar-refractivity contribution is 6.34. The van der Waals surface area contributed by atoms with E-state index in [0.29, 0.717) is 28.7 Å². The molecule has 2 aromatic heterocycles. The zero-order valence-electron chi connectivity index (χ0n) is 21.9. The van der Waals surface area contributed by atoms with Gasteiger partial charge in [-0.2, -0.15) is 5.10 Å². The maximum Gasteiger partial charge on any atom is 0.347 e. The highest BCUT2D eigenvalue weighted by atomic mass is 35.5. The van der Waals surface area contributed by atoms with Crippen LogP contribution in [0.1, 0.15) is 62.1 Å². The number of halogens is 1. The molecule has 0 spiro atoms. The van der Waals surface area contributed by atoms with E-state index in [9.17, 15) is 4.79 Å². The third-order valence-corrected chi connectivity index (χ3v) is 6.43. The number of H-pyrrole nitrogens is 1. The molecule has 1 N–H and O–H groups in total. The van der Waals surface area contributed by atoms with Gasteiger partial charge in [0.1, 0.15) is 17.4 Å². The molecule has 0 amide bonds. The molecule has 0 bridgehead atoms. The summed E-state index contributed by atoms with van der Waals surface area (Å²) in [5.41, 5.74) is 6.03. The van der Waals surface area contributed by atoms with Crippen LogP contribution in [-0.2, 0) is 21.6 Å². The number of rotatable bonds is 7. The second-order valence-corrected chi connectivity index (χ2v) is 10.7. The summed E-state index contributed by atoms with van der Waals surface area (Å²) in [5.74, 6) is 0.882. The van der Waals surface area contributed by atoms with Gasteiger partial charge in [-0.05, 0) is 38.8 Å². The van der Waals surface area contributed by atoms with Crippen LogP contribution in [0.15, 0.2) is 36.4 Å². The van der Waals surface area contributed by atoms with Crippen molar-refractivity contribution in [1.82, 2.24) is 19.8 Å². The van der Waals surface area contributed by atoms with E-state index in [0.717, 1.165) is 33.5 Å². The zero-order valence-corrected chi connectivity index (χ0v) is 22.7. The van der Waals surface area contributed by atoms with Gasteiger partial charge in [0.2, 0.25) is 0 Å². The Balaban J connectivity index is 1.55. The summed E-state index contributed by atoms with van der Waals surface area (Å²) in [6, 6.07) is 11.8. The van der Waals surface area contributed by atoms with Gasteiger partial charge < -0.3 is 14.5 Å². The number of carbonyl (C=O) groups is 1. The Bertz CT molecular complexity index is 1410. The molecule has 0 saturated carbocycles. The van der Waals surface area contributed by atoms with Crippen molar-refractivity contribution in [2.24, 2.45) is 0 Å². The third-order valence-electron chi connectivity index (χ3n) is 6.07. The maximum atomic E-state index is 12.9. The maximum absolute atomic E-state index is 12.9. The monoisotopic (exact) mass is 508 g/mol. The summed E-state index contributed by atoms with van der Waals surface area (Å²) in [6.45, 7) is 14.2. The van der Waals surface area contributed by atoms with Crippen LogP contribution in [0.2, 0.25) is 5.02 Å². The Morgan fingerprint density at radius 3 is 2.42 bits per heavy atom. The second kappa shape index (κ2) is 9.97. The number of aromatic amines is 1. The van der Waals surface area contributed by atoms with Gasteiger partial charge in [-0.15, -0.1) is 9.73 Å². The quantitative estimate of drug-likeness (QED) is 0.288. The van der Waals surface area contributed by atoms with Crippen LogP contribution >= 0.6 is 11.6 Å². The van der Waals surface area contributed by atoms with Crippen LogP contribution in [-0.4, -0.2) is 31.9 Å². The molecule has 7 nitrogen and oxygen atoms in total. The van der Waals surface area contributed by atoms with Crippen LogP contribution < -0.4 is 4.74 Å². The topological polar surface area (TPSA) is 81.5 Å². The lowest BCUT2D eigenvalue weighted by molar-refractivity contribution is -0.153. The normalized spacial score (nSPS) is 12.7. The van der Waals surface area contributed by atoms with Crippen molar-refractivity contribution in [2.75, 3.05) is 0 Å². The molecule has 1 atom stereocenters. The zero-order chi connectivity index (χ0) is 26.2. The average molecular weight is 509 g/mol. The lowest BCUT2D eigenvalue weighted by Gasteiger charge is -2.18. The molecular formula is C28H33ClN4O3. The molecule has 4 aromatic rings. The van der Waals surface area contributed by atoms with Crippen molar-refractivity contribution >= 4 is 23.2 Å². The van der Waals surface area contributed by atoms with Crippen LogP contribution in [0.3, 0.4) is 0 Å². The highest BCUT2D eigenvalue weighted by Gasteiger charge is 2.26. The number of hydrogen-bond acceptors (Lipinski definition) is 5. The summed E-state index contributed by atoms with van der Waals surface area (Å²) in [5, 5.41) is 9.75. The van der Waals surface area contributed by atoms with Crippen LogP contribution in [0.25, 0.3) is 17.0 Å². The third kappa shape index (κ3) is 5.26. The number of aryl methyl sites for hydroxylation is 3. The standard InChI is InChI=1S/C28H33ClN4O3/c1-8-21(36-22-12-10-16(2)13-18(22)4)27(34)35-15-19-14-17(3)9-11-20(19)25-30-26-23(29)24(28(5,6)7)31-33(26)32-25/h9-14,21H,8,15H2,1-7H3,(H,30,32). The minimum Gasteiger partial charge on any atom is -0.478 e. The first-order chi connectivity index (χ1) is 17.0. The molecule has 0 aliphatic heterocycles. The van der Waals surface area contributed by atoms with Crippen LogP contribution in [0, 0.1) is 20.8 Å². The van der Waals surface area contributed by atoms with E-state index >= 15 is 0 Å². The van der Waals surface area contributed by atoms with E-state index in [1.54, 1.807) is 0 Å². The van der Waals surface area contributed by atoms with Gasteiger partial charge in [-0.25, -0.2) is 4.79 Å². The van der Waals surface area contributed by atoms with Crippen LogP contribution in [0.5, 0.6) is 5.75 Å². The van der Waals surface area contributed by atoms with Crippen LogP contribution in [0.4, 0.5) is 0 Å². The predicted octanol–water partition coefficient (Wildman–Crippen LogP) is 6.50. The molecule has 0 radical (unpaired) electrons. The van der Waals surface area contributed by atoms with Crippen molar-refractivity contribution in [3.63, 3.8) is 0 Å². The largest absolute Gasteiger partial charge is 0.478 e. The molecule has 0 aliphatic rings. The number of esters is 1. The SMILES string of the molecule is CCC(Oc1ccc(C)cc1C)C(=O)OCc1cc(C)ccc1-c1nn2nc(C(C)(C)C)c(Cl)c2[nH]1. The number of hydrogen-bond donors (Lipinski definition) is 1. The first kappa shape index (κ1) is 25.8. The van der Waals surface area contributed by atoms with Crippen molar-refractivity contribution in [3.8, 4) is 17.1 Å². The van der Waals surface area contributed by atoms with Crippen molar-refractivity contribution in [1.29, 1.82) is 0 Å². The summed E-state index contributed by atoms with van der Waals surface area (Å²) in [4.78, 5) is 16.2. The Morgan fingerprint density at radius 1 is 1.08 bits per heavy atom. The van der Waals surface area contributed by atoms with E-state index in [-0.39, 0.29) is 12.0 Å². The predicted molar refractivity (Wildman–Crippen MR) is 142 cm³/mol. The number of nitrogens with one attached hydrogen (secondary N) is 1. The van der Waals surface area contributed by atoms with E-state index in [1.165, 1.54) is 4.63 Å². The molecule has 36 heavy (non-hydrogen) atoms. The van der Waals surface area contributed by atoms with Crippen molar-refractivity contribution in [2.45, 2.75) is 73.0 Å². The van der Waals surface area contributed by atoms with Crippen molar-refractivity contribution in [3.05, 3.63) is 69.4 Å². The molecule has 190 valence electrons. The minimum absolute atomic E-state index is 0.0899. The number of ether oxygens (including phenoxy) is 2. The Hall–Kier alpha value is -3.32. The fourth-order valence-electron chi connectivity index (χ4n) is 4.10. The molecule has 0 aliphatic carbocycles. The van der Waals surface area contributed by atoms with E-state index < -0.39 is 12.1 Å². The summed E-state index contributed by atoms with van der Waals surface area (Å²) < 4.78 is 13.2. The Morgan fingerprint density at radius 2 is 1.78 bits per heavy atom. The molecule has 0 fully saturated rings. The van der Waals surface area contributed by atoms with Gasteiger partial charge in [0.15, 0.2) is 17.6 Å². The number of nitrogens with zero attached hydrogens (tertiary/aromatic N) is 3. The van der Waals surface area contributed by atoms with Gasteiger partial charge in [-0.1, -0.05) is 80.8 Å². The number of carbonyl (C=O) groups excluding carboxylic acids is 1. The first-order valence-electron chi connectivity index (χ1n) is 12.1. The van der Waals surface area contributed by atoms with Gasteiger partial charge in [0.25, 0.3) is 0 Å². The summed E-state index contributed by atoms with van der Waals surface area (Å²) in [6.07, 6.45) is -0.196. The summed E-state index contributed by atoms with van der Waals surface area (Å²) in [7, 11) is 0. The van der Waals surface area contributed by atoms with E-state index in [4.69, 9.17) is 21.1 Å². The summed E-state index contributed by atoms with van der Waals surface area (Å²) >= 11 is 6.61. The Labute approximate surface area is 216 Å². The average Bonchev–Trinajstić information content (AvgIpc) is 3.36.